The monoisotopic (exact) mass is 364 g/mol. The summed E-state index contributed by atoms with van der Waals surface area (Å²) in [6, 6.07) is 14.2. The molecule has 0 bridgehead atoms. The van der Waals surface area contributed by atoms with E-state index in [1.165, 1.54) is 5.56 Å². The molecule has 6 heteroatoms. The van der Waals surface area contributed by atoms with Crippen LogP contribution in [0.5, 0.6) is 0 Å². The number of hydrogen-bond donors (Lipinski definition) is 1. The highest BCUT2D eigenvalue weighted by Crippen LogP contribution is 2.26. The Kier molecular flexibility index (Phi) is 4.12. The van der Waals surface area contributed by atoms with Gasteiger partial charge in [0.05, 0.1) is 33.8 Å². The molecule has 0 aliphatic heterocycles. The maximum Gasteiger partial charge on any atom is 0.272 e. The largest absolute Gasteiger partial charge is 0.339 e. The third kappa shape index (κ3) is 2.82. The van der Waals surface area contributed by atoms with Gasteiger partial charge in [0, 0.05) is 7.05 Å². The number of fused-ring (bicyclic) bond motifs is 1. The summed E-state index contributed by atoms with van der Waals surface area (Å²) < 4.78 is 4.98. The first-order chi connectivity index (χ1) is 12.5. The fourth-order valence-electron chi connectivity index (χ4n) is 3.23. The van der Waals surface area contributed by atoms with E-state index >= 15 is 0 Å². The lowest BCUT2D eigenvalue weighted by Gasteiger charge is -2.08. The zero-order chi connectivity index (χ0) is 18.3. The molecule has 1 aromatic carbocycles. The van der Waals surface area contributed by atoms with Gasteiger partial charge in [-0.05, 0) is 36.9 Å². The normalized spacial score (nSPS) is 11.2. The first-order valence-electron chi connectivity index (χ1n) is 8.47. The zero-order valence-corrected chi connectivity index (χ0v) is 15.8. The van der Waals surface area contributed by atoms with Crippen LogP contribution in [-0.2, 0) is 13.6 Å². The number of aryl methyl sites for hydroxylation is 2. The van der Waals surface area contributed by atoms with Crippen LogP contribution >= 0.6 is 11.3 Å². The summed E-state index contributed by atoms with van der Waals surface area (Å²) >= 11 is 1.64. The molecule has 1 amide bonds. The number of benzene rings is 1. The number of thiophene rings is 1. The first-order valence-corrected chi connectivity index (χ1v) is 9.35. The summed E-state index contributed by atoms with van der Waals surface area (Å²) in [6.07, 6.45) is 0. The van der Waals surface area contributed by atoms with Gasteiger partial charge >= 0.3 is 0 Å². The third-order valence-electron chi connectivity index (χ3n) is 4.69. The van der Waals surface area contributed by atoms with Gasteiger partial charge in [0.1, 0.15) is 5.69 Å². The molecule has 132 valence electrons. The Morgan fingerprint density at radius 3 is 2.69 bits per heavy atom. The van der Waals surface area contributed by atoms with E-state index in [1.807, 2.05) is 65.9 Å². The molecule has 0 saturated heterocycles. The molecular formula is C20H20N4OS. The average molecular weight is 364 g/mol. The van der Waals surface area contributed by atoms with Gasteiger partial charge in [-0.2, -0.15) is 5.10 Å². The topological polar surface area (TPSA) is 51.9 Å². The number of nitrogens with zero attached hydrogens (tertiary/aromatic N) is 3. The van der Waals surface area contributed by atoms with Gasteiger partial charge in [-0.1, -0.05) is 30.3 Å². The van der Waals surface area contributed by atoms with Gasteiger partial charge in [-0.15, -0.1) is 11.3 Å². The molecule has 4 aromatic rings. The van der Waals surface area contributed by atoms with Crippen molar-refractivity contribution in [2.45, 2.75) is 20.4 Å². The molecule has 3 aromatic heterocycles. The zero-order valence-electron chi connectivity index (χ0n) is 15.0. The molecule has 0 unspecified atom stereocenters. The van der Waals surface area contributed by atoms with Gasteiger partial charge in [0.2, 0.25) is 0 Å². The van der Waals surface area contributed by atoms with Gasteiger partial charge < -0.3 is 9.88 Å². The molecule has 0 atom stereocenters. The molecule has 3 heterocycles. The van der Waals surface area contributed by atoms with Crippen LogP contribution in [0, 0.1) is 13.8 Å². The minimum absolute atomic E-state index is 0.110. The van der Waals surface area contributed by atoms with Gasteiger partial charge in [0.25, 0.3) is 5.91 Å². The molecule has 26 heavy (non-hydrogen) atoms. The Labute approximate surface area is 155 Å². The van der Waals surface area contributed by atoms with E-state index in [-0.39, 0.29) is 5.91 Å². The van der Waals surface area contributed by atoms with E-state index in [0.29, 0.717) is 12.2 Å². The number of rotatable bonds is 4. The molecule has 0 aliphatic carbocycles. The predicted octanol–water partition coefficient (Wildman–Crippen LogP) is 4.35. The quantitative estimate of drug-likeness (QED) is 0.585. The van der Waals surface area contributed by atoms with Crippen LogP contribution in [0.15, 0.2) is 47.8 Å². The lowest BCUT2D eigenvalue weighted by atomic mass is 10.2. The number of hydrogen-bond acceptors (Lipinski definition) is 3. The van der Waals surface area contributed by atoms with Crippen molar-refractivity contribution in [3.8, 4) is 0 Å². The fourth-order valence-corrected chi connectivity index (χ4v) is 4.08. The van der Waals surface area contributed by atoms with Gasteiger partial charge in [0.15, 0.2) is 0 Å². The molecule has 0 radical (unpaired) electrons. The lowest BCUT2D eigenvalue weighted by Crippen LogP contribution is -2.16. The molecule has 0 spiro atoms. The van der Waals surface area contributed by atoms with Crippen molar-refractivity contribution >= 4 is 33.1 Å². The van der Waals surface area contributed by atoms with Crippen LogP contribution in [-0.4, -0.2) is 20.3 Å². The third-order valence-corrected chi connectivity index (χ3v) is 5.54. The highest BCUT2D eigenvalue weighted by molar-refractivity contribution is 7.17. The summed E-state index contributed by atoms with van der Waals surface area (Å²) in [6.45, 7) is 4.60. The number of anilines is 1. The van der Waals surface area contributed by atoms with E-state index in [4.69, 9.17) is 0 Å². The van der Waals surface area contributed by atoms with Crippen molar-refractivity contribution < 1.29 is 4.79 Å². The Balaban J connectivity index is 1.61. The summed E-state index contributed by atoms with van der Waals surface area (Å²) in [5.41, 5.74) is 5.47. The number of carbonyl (C=O) groups is 1. The molecule has 0 aliphatic rings. The van der Waals surface area contributed by atoms with Crippen LogP contribution in [0.4, 0.5) is 5.69 Å². The van der Waals surface area contributed by atoms with Crippen molar-refractivity contribution in [1.82, 2.24) is 14.3 Å². The van der Waals surface area contributed by atoms with E-state index < -0.39 is 0 Å². The average Bonchev–Trinajstić information content (AvgIpc) is 3.28. The lowest BCUT2D eigenvalue weighted by molar-refractivity contribution is 0.101. The SMILES string of the molecule is Cc1nn(Cc2ccccc2)c(C)c1NC(=O)c1cc2sccc2n1C. The minimum Gasteiger partial charge on any atom is -0.339 e. The molecule has 0 saturated carbocycles. The summed E-state index contributed by atoms with van der Waals surface area (Å²) in [7, 11) is 1.92. The number of amides is 1. The Morgan fingerprint density at radius 1 is 1.19 bits per heavy atom. The van der Waals surface area contributed by atoms with Crippen LogP contribution in [0.1, 0.15) is 27.4 Å². The maximum absolute atomic E-state index is 12.8. The van der Waals surface area contributed by atoms with E-state index in [1.54, 1.807) is 11.3 Å². The molecule has 1 N–H and O–H groups in total. The maximum atomic E-state index is 12.8. The van der Waals surface area contributed by atoms with Crippen molar-refractivity contribution in [3.05, 3.63) is 70.5 Å². The summed E-state index contributed by atoms with van der Waals surface area (Å²) in [4.78, 5) is 12.8. The number of carbonyl (C=O) groups excluding carboxylic acids is 1. The Hall–Kier alpha value is -2.86. The van der Waals surface area contributed by atoms with E-state index in [2.05, 4.69) is 22.5 Å². The second-order valence-electron chi connectivity index (χ2n) is 6.40. The second kappa shape index (κ2) is 6.46. The fraction of sp³-hybridized carbons (Fsp3) is 0.200. The predicted molar refractivity (Wildman–Crippen MR) is 106 cm³/mol. The van der Waals surface area contributed by atoms with Crippen LogP contribution in [0.25, 0.3) is 10.2 Å². The Morgan fingerprint density at radius 2 is 1.96 bits per heavy atom. The standard InChI is InChI=1S/C20H20N4OS/c1-13-19(14(2)24(22-13)12-15-7-5-4-6-8-15)21-20(25)17-11-18-16(23(17)3)9-10-26-18/h4-11H,12H2,1-3H3,(H,21,25). The highest BCUT2D eigenvalue weighted by Gasteiger charge is 2.18. The van der Waals surface area contributed by atoms with Crippen molar-refractivity contribution in [3.63, 3.8) is 0 Å². The molecule has 0 fully saturated rings. The first kappa shape index (κ1) is 16.6. The number of aromatic nitrogens is 3. The van der Waals surface area contributed by atoms with E-state index in [0.717, 1.165) is 27.3 Å². The summed E-state index contributed by atoms with van der Waals surface area (Å²) in [5.74, 6) is -0.110. The smallest absolute Gasteiger partial charge is 0.272 e. The van der Waals surface area contributed by atoms with Crippen LogP contribution in [0.3, 0.4) is 0 Å². The summed E-state index contributed by atoms with van der Waals surface area (Å²) in [5, 5.41) is 9.69. The second-order valence-corrected chi connectivity index (χ2v) is 7.35. The molecule has 5 nitrogen and oxygen atoms in total. The van der Waals surface area contributed by atoms with Crippen molar-refractivity contribution in [2.75, 3.05) is 5.32 Å². The minimum atomic E-state index is -0.110. The molecule has 4 rings (SSSR count). The highest BCUT2D eigenvalue weighted by atomic mass is 32.1. The number of nitrogens with one attached hydrogen (secondary N) is 1. The van der Waals surface area contributed by atoms with Crippen LogP contribution in [0.2, 0.25) is 0 Å². The van der Waals surface area contributed by atoms with Gasteiger partial charge in [-0.3, -0.25) is 9.48 Å². The van der Waals surface area contributed by atoms with Crippen molar-refractivity contribution in [2.24, 2.45) is 7.05 Å². The van der Waals surface area contributed by atoms with Crippen LogP contribution < -0.4 is 5.32 Å². The van der Waals surface area contributed by atoms with Crippen molar-refractivity contribution in [1.29, 1.82) is 0 Å². The van der Waals surface area contributed by atoms with Gasteiger partial charge in [-0.25, -0.2) is 0 Å². The molecular weight excluding hydrogens is 344 g/mol. The van der Waals surface area contributed by atoms with E-state index in [9.17, 15) is 4.79 Å². The Bertz CT molecular complexity index is 1090.